The van der Waals surface area contributed by atoms with Crippen molar-refractivity contribution in [1.29, 1.82) is 0 Å². The second-order valence-electron chi connectivity index (χ2n) is 9.37. The molecule has 0 aliphatic rings. The first-order valence-electron chi connectivity index (χ1n) is 11.4. The van der Waals surface area contributed by atoms with Crippen LogP contribution < -0.4 is 21.0 Å². The molecule has 7 nitrogen and oxygen atoms in total. The SMILES string of the molecule is CCC(C)n1c2s[nH]c(=O)c2c(=O)c2cc(F)c(NC[C@@H](CC)C(C)(C)N(C)C)c(OC)c21. The number of aromatic nitrogens is 2. The van der Waals surface area contributed by atoms with E-state index in [2.05, 4.69) is 35.4 Å². The molecule has 1 aromatic carbocycles. The molecule has 0 saturated heterocycles. The van der Waals surface area contributed by atoms with Crippen LogP contribution in [-0.4, -0.2) is 47.1 Å². The molecule has 33 heavy (non-hydrogen) atoms. The third-order valence-electron chi connectivity index (χ3n) is 7.23. The van der Waals surface area contributed by atoms with Gasteiger partial charge in [-0.1, -0.05) is 13.8 Å². The number of rotatable bonds is 9. The maximum atomic E-state index is 15.4. The van der Waals surface area contributed by atoms with Crippen molar-refractivity contribution in [2.45, 2.75) is 59.0 Å². The highest BCUT2D eigenvalue weighted by Gasteiger charge is 2.31. The summed E-state index contributed by atoms with van der Waals surface area (Å²) in [4.78, 5) is 28.3. The average molecular weight is 479 g/mol. The van der Waals surface area contributed by atoms with E-state index >= 15 is 4.39 Å². The highest BCUT2D eigenvalue weighted by Crippen LogP contribution is 2.39. The molecule has 0 amide bonds. The van der Waals surface area contributed by atoms with Crippen molar-refractivity contribution in [3.63, 3.8) is 0 Å². The zero-order chi connectivity index (χ0) is 24.7. The Hall–Kier alpha value is -2.39. The molecule has 0 bridgehead atoms. The van der Waals surface area contributed by atoms with Gasteiger partial charge in [-0.15, -0.1) is 0 Å². The lowest BCUT2D eigenvalue weighted by Crippen LogP contribution is -2.47. The number of H-pyrrole nitrogens is 1. The van der Waals surface area contributed by atoms with Crippen molar-refractivity contribution < 1.29 is 9.13 Å². The van der Waals surface area contributed by atoms with Crippen LogP contribution in [0.2, 0.25) is 0 Å². The summed E-state index contributed by atoms with van der Waals surface area (Å²) in [5, 5.41) is 3.49. The van der Waals surface area contributed by atoms with Crippen LogP contribution in [-0.2, 0) is 0 Å². The van der Waals surface area contributed by atoms with Gasteiger partial charge in [-0.05, 0) is 71.2 Å². The van der Waals surface area contributed by atoms with Crippen LogP contribution in [0.5, 0.6) is 5.75 Å². The molecule has 3 rings (SSSR count). The van der Waals surface area contributed by atoms with Gasteiger partial charge in [0, 0.05) is 18.1 Å². The number of methoxy groups -OCH3 is 1. The Labute approximate surface area is 197 Å². The molecule has 182 valence electrons. The fraction of sp³-hybridized carbons (Fsp3) is 0.583. The Kier molecular flexibility index (Phi) is 7.24. The lowest BCUT2D eigenvalue weighted by molar-refractivity contribution is 0.119. The summed E-state index contributed by atoms with van der Waals surface area (Å²) in [7, 11) is 5.56. The van der Waals surface area contributed by atoms with Crippen molar-refractivity contribution in [3.8, 4) is 5.75 Å². The summed E-state index contributed by atoms with van der Waals surface area (Å²) in [5.41, 5.74) is -0.298. The fourth-order valence-electron chi connectivity index (χ4n) is 4.38. The molecule has 0 radical (unpaired) electrons. The molecule has 0 fully saturated rings. The van der Waals surface area contributed by atoms with Crippen LogP contribution in [0, 0.1) is 11.7 Å². The molecule has 3 aromatic rings. The number of hydrogen-bond acceptors (Lipinski definition) is 6. The van der Waals surface area contributed by atoms with Crippen LogP contribution in [0.3, 0.4) is 0 Å². The van der Waals surface area contributed by atoms with Gasteiger partial charge in [0.05, 0.1) is 18.0 Å². The van der Waals surface area contributed by atoms with Gasteiger partial charge in [0.2, 0.25) is 5.43 Å². The van der Waals surface area contributed by atoms with E-state index in [1.807, 2.05) is 32.5 Å². The summed E-state index contributed by atoms with van der Waals surface area (Å²) in [5.74, 6) is -0.0557. The minimum atomic E-state index is -0.573. The van der Waals surface area contributed by atoms with E-state index in [1.54, 1.807) is 0 Å². The summed E-state index contributed by atoms with van der Waals surface area (Å²) in [6, 6.07) is 1.20. The number of anilines is 1. The van der Waals surface area contributed by atoms with Crippen molar-refractivity contribution in [2.24, 2.45) is 5.92 Å². The third-order valence-corrected chi connectivity index (χ3v) is 8.11. The van der Waals surface area contributed by atoms with Gasteiger partial charge in [-0.25, -0.2) is 4.39 Å². The van der Waals surface area contributed by atoms with E-state index in [4.69, 9.17) is 4.74 Å². The molecule has 0 aliphatic heterocycles. The van der Waals surface area contributed by atoms with E-state index < -0.39 is 16.8 Å². The summed E-state index contributed by atoms with van der Waals surface area (Å²) in [6.45, 7) is 11.0. The minimum absolute atomic E-state index is 0.0367. The average Bonchev–Trinajstić information content (AvgIpc) is 3.15. The third kappa shape index (κ3) is 4.17. The minimum Gasteiger partial charge on any atom is -0.492 e. The second-order valence-corrected chi connectivity index (χ2v) is 10.2. The Morgan fingerprint density at radius 1 is 1.27 bits per heavy atom. The normalized spacial score (nSPS) is 14.2. The van der Waals surface area contributed by atoms with Gasteiger partial charge in [0.15, 0.2) is 11.6 Å². The number of ether oxygens (including phenoxy) is 1. The number of halogens is 1. The van der Waals surface area contributed by atoms with Crippen LogP contribution >= 0.6 is 11.5 Å². The molecule has 0 spiro atoms. The van der Waals surface area contributed by atoms with Gasteiger partial charge in [-0.2, -0.15) is 0 Å². The molecule has 2 N–H and O–H groups in total. The molecular formula is C24H35FN4O3S. The first kappa shape index (κ1) is 25.2. The van der Waals surface area contributed by atoms with E-state index in [1.165, 1.54) is 13.2 Å². The molecule has 0 saturated carbocycles. The van der Waals surface area contributed by atoms with E-state index in [-0.39, 0.29) is 39.7 Å². The molecule has 2 heterocycles. The number of nitrogens with one attached hydrogen (secondary N) is 2. The summed E-state index contributed by atoms with van der Waals surface area (Å²) < 4.78 is 25.7. The largest absolute Gasteiger partial charge is 0.492 e. The zero-order valence-electron chi connectivity index (χ0n) is 20.8. The van der Waals surface area contributed by atoms with Gasteiger partial charge < -0.3 is 19.5 Å². The van der Waals surface area contributed by atoms with Crippen LogP contribution in [0.15, 0.2) is 15.7 Å². The van der Waals surface area contributed by atoms with E-state index in [0.717, 1.165) is 24.4 Å². The molecule has 1 unspecified atom stereocenters. The van der Waals surface area contributed by atoms with Gasteiger partial charge in [0.1, 0.15) is 15.9 Å². The smallest absolute Gasteiger partial charge is 0.271 e. The molecule has 9 heteroatoms. The van der Waals surface area contributed by atoms with Gasteiger partial charge >= 0.3 is 0 Å². The van der Waals surface area contributed by atoms with Crippen molar-refractivity contribution >= 4 is 38.3 Å². The first-order chi connectivity index (χ1) is 15.5. The van der Waals surface area contributed by atoms with Crippen LogP contribution in [0.1, 0.15) is 53.5 Å². The standard InChI is InChI=1S/C24H35FN4O3S/c1-9-13(3)29-19-15(20(30)17-22(31)27-33-23(17)29)11-16(25)18(21(19)32-8)26-12-14(10-2)24(4,5)28(6)7/h11,13-14,26H,9-10,12H2,1-8H3,(H,27,31)/t13?,14-/m1/s1. The number of fused-ring (bicyclic) bond motifs is 2. The molecular weight excluding hydrogens is 443 g/mol. The first-order valence-corrected chi connectivity index (χ1v) is 12.2. The Balaban J connectivity index is 2.29. The Bertz CT molecular complexity index is 1270. The number of benzene rings is 1. The number of pyridine rings is 1. The highest BCUT2D eigenvalue weighted by atomic mass is 32.1. The van der Waals surface area contributed by atoms with Crippen molar-refractivity contribution in [1.82, 2.24) is 13.8 Å². The predicted octanol–water partition coefficient (Wildman–Crippen LogP) is 4.80. The molecule has 2 atom stereocenters. The maximum absolute atomic E-state index is 15.4. The topological polar surface area (TPSA) is 79.4 Å². The summed E-state index contributed by atoms with van der Waals surface area (Å²) >= 11 is 1.12. The van der Waals surface area contributed by atoms with Crippen molar-refractivity contribution in [3.05, 3.63) is 32.5 Å². The zero-order valence-corrected chi connectivity index (χ0v) is 21.6. The second kappa shape index (κ2) is 9.46. The number of hydrogen-bond donors (Lipinski definition) is 2. The molecule has 2 aromatic heterocycles. The summed E-state index contributed by atoms with van der Waals surface area (Å²) in [6.07, 6.45) is 1.67. The van der Waals surface area contributed by atoms with E-state index in [0.29, 0.717) is 16.9 Å². The molecule has 0 aliphatic carbocycles. The Morgan fingerprint density at radius 2 is 1.94 bits per heavy atom. The van der Waals surface area contributed by atoms with Gasteiger partial charge in [0.25, 0.3) is 5.56 Å². The van der Waals surface area contributed by atoms with Crippen LogP contribution in [0.4, 0.5) is 10.1 Å². The van der Waals surface area contributed by atoms with Crippen LogP contribution in [0.25, 0.3) is 21.1 Å². The quantitative estimate of drug-likeness (QED) is 0.462. The maximum Gasteiger partial charge on any atom is 0.271 e. The highest BCUT2D eigenvalue weighted by molar-refractivity contribution is 7.12. The lowest BCUT2D eigenvalue weighted by atomic mass is 9.84. The number of aromatic amines is 1. The van der Waals surface area contributed by atoms with Gasteiger partial charge in [-0.3, -0.25) is 14.0 Å². The monoisotopic (exact) mass is 478 g/mol. The van der Waals surface area contributed by atoms with Crippen molar-refractivity contribution in [2.75, 3.05) is 33.1 Å². The Morgan fingerprint density at radius 3 is 2.48 bits per heavy atom. The van der Waals surface area contributed by atoms with E-state index in [9.17, 15) is 9.59 Å². The fourth-order valence-corrected chi connectivity index (χ4v) is 5.33. The lowest BCUT2D eigenvalue weighted by Gasteiger charge is -2.40. The predicted molar refractivity (Wildman–Crippen MR) is 136 cm³/mol. The number of nitrogens with zero attached hydrogens (tertiary/aromatic N) is 2.